The van der Waals surface area contributed by atoms with Crippen LogP contribution in [0.2, 0.25) is 0 Å². The van der Waals surface area contributed by atoms with Gasteiger partial charge in [-0.1, -0.05) is 61.2 Å². The molecule has 1 heterocycles. The summed E-state index contributed by atoms with van der Waals surface area (Å²) in [6.07, 6.45) is 0.669. The van der Waals surface area contributed by atoms with Crippen LogP contribution in [0.1, 0.15) is 42.0 Å². The lowest BCUT2D eigenvalue weighted by Gasteiger charge is -2.09. The highest BCUT2D eigenvalue weighted by molar-refractivity contribution is 7.99. The molecule has 0 saturated carbocycles. The van der Waals surface area contributed by atoms with Gasteiger partial charge in [-0.15, -0.1) is 10.2 Å². The highest BCUT2D eigenvalue weighted by atomic mass is 32.2. The molecule has 26 heavy (non-hydrogen) atoms. The van der Waals surface area contributed by atoms with Crippen LogP contribution in [-0.4, -0.2) is 15.1 Å². The Bertz CT molecular complexity index is 883. The zero-order valence-electron chi connectivity index (χ0n) is 14.5. The molecule has 2 unspecified atom stereocenters. The zero-order valence-corrected chi connectivity index (χ0v) is 15.3. The Labute approximate surface area is 155 Å². The summed E-state index contributed by atoms with van der Waals surface area (Å²) in [5.41, 5.74) is 2.16. The minimum atomic E-state index is -0.392. The number of nitro benzene ring substituents is 1. The first-order chi connectivity index (χ1) is 12.5. The molecule has 0 aliphatic rings. The minimum absolute atomic E-state index is 0.0326. The lowest BCUT2D eigenvalue weighted by atomic mass is 9.98. The van der Waals surface area contributed by atoms with E-state index in [2.05, 4.69) is 29.3 Å². The molecule has 2 atom stereocenters. The Morgan fingerprint density at radius 3 is 2.54 bits per heavy atom. The maximum Gasteiger partial charge on any atom is 0.277 e. The van der Waals surface area contributed by atoms with Crippen LogP contribution in [-0.2, 0) is 6.42 Å². The van der Waals surface area contributed by atoms with Crippen molar-refractivity contribution < 1.29 is 9.34 Å². The van der Waals surface area contributed by atoms with Crippen molar-refractivity contribution >= 4 is 17.4 Å². The molecule has 0 aliphatic heterocycles. The normalized spacial score (nSPS) is 13.3. The first-order valence-electron chi connectivity index (χ1n) is 8.31. The molecule has 0 radical (unpaired) electrons. The van der Waals surface area contributed by atoms with E-state index in [0.29, 0.717) is 17.5 Å². The van der Waals surface area contributed by atoms with Gasteiger partial charge in [0.1, 0.15) is 0 Å². The summed E-state index contributed by atoms with van der Waals surface area (Å²) in [6.45, 7) is 4.08. The predicted molar refractivity (Wildman–Crippen MR) is 100 cm³/mol. The van der Waals surface area contributed by atoms with Crippen molar-refractivity contribution in [3.05, 3.63) is 81.7 Å². The summed E-state index contributed by atoms with van der Waals surface area (Å²) in [5, 5.41) is 19.6. The SMILES string of the molecule is CC(Cc1nnc(SC(C)c2cccc([N+](=O)[O-])c2)o1)c1ccccc1. The fourth-order valence-electron chi connectivity index (χ4n) is 2.64. The number of benzene rings is 2. The van der Waals surface area contributed by atoms with Crippen LogP contribution in [0.25, 0.3) is 0 Å². The van der Waals surface area contributed by atoms with Gasteiger partial charge in [0.25, 0.3) is 10.9 Å². The number of non-ortho nitro benzene ring substituents is 1. The summed E-state index contributed by atoms with van der Waals surface area (Å²) < 4.78 is 5.75. The Morgan fingerprint density at radius 2 is 1.81 bits per heavy atom. The molecule has 134 valence electrons. The number of rotatable bonds is 7. The van der Waals surface area contributed by atoms with Gasteiger partial charge in [-0.2, -0.15) is 0 Å². The van der Waals surface area contributed by atoms with E-state index >= 15 is 0 Å². The van der Waals surface area contributed by atoms with Crippen molar-refractivity contribution in [2.24, 2.45) is 0 Å². The number of nitro groups is 1. The fraction of sp³-hybridized carbons (Fsp3) is 0.263. The molecule has 0 aliphatic carbocycles. The van der Waals surface area contributed by atoms with Crippen LogP contribution in [0.3, 0.4) is 0 Å². The number of nitrogens with zero attached hydrogens (tertiary/aromatic N) is 3. The maximum absolute atomic E-state index is 10.9. The van der Waals surface area contributed by atoms with Crippen LogP contribution >= 0.6 is 11.8 Å². The molecule has 0 N–H and O–H groups in total. The summed E-state index contributed by atoms with van der Waals surface area (Å²) in [5.74, 6) is 0.874. The van der Waals surface area contributed by atoms with Crippen molar-refractivity contribution in [1.29, 1.82) is 0 Å². The van der Waals surface area contributed by atoms with Crippen molar-refractivity contribution in [2.45, 2.75) is 36.7 Å². The predicted octanol–water partition coefficient (Wildman–Crippen LogP) is 5.18. The first-order valence-corrected chi connectivity index (χ1v) is 9.19. The number of hydrogen-bond donors (Lipinski definition) is 0. The van der Waals surface area contributed by atoms with E-state index in [0.717, 1.165) is 5.56 Å². The van der Waals surface area contributed by atoms with Crippen molar-refractivity contribution in [3.63, 3.8) is 0 Å². The molecule has 6 nitrogen and oxygen atoms in total. The van der Waals surface area contributed by atoms with Gasteiger partial charge in [-0.25, -0.2) is 0 Å². The van der Waals surface area contributed by atoms with Gasteiger partial charge >= 0.3 is 0 Å². The molecule has 2 aromatic carbocycles. The second-order valence-electron chi connectivity index (χ2n) is 6.09. The summed E-state index contributed by atoms with van der Waals surface area (Å²) >= 11 is 1.40. The van der Waals surface area contributed by atoms with Gasteiger partial charge in [0.2, 0.25) is 5.89 Å². The standard InChI is InChI=1S/C19H19N3O3S/c1-13(15-7-4-3-5-8-15)11-18-20-21-19(25-18)26-14(2)16-9-6-10-17(12-16)22(23)24/h3-10,12-14H,11H2,1-2H3. The topological polar surface area (TPSA) is 82.1 Å². The monoisotopic (exact) mass is 369 g/mol. The molecule has 0 spiro atoms. The average molecular weight is 369 g/mol. The van der Waals surface area contributed by atoms with Crippen LogP contribution < -0.4 is 0 Å². The van der Waals surface area contributed by atoms with E-state index in [1.54, 1.807) is 12.1 Å². The summed E-state index contributed by atoms with van der Waals surface area (Å²) in [7, 11) is 0. The van der Waals surface area contributed by atoms with Gasteiger partial charge in [-0.3, -0.25) is 10.1 Å². The smallest absolute Gasteiger partial charge is 0.277 e. The van der Waals surface area contributed by atoms with Crippen molar-refractivity contribution in [2.75, 3.05) is 0 Å². The molecule has 1 aromatic heterocycles. The van der Waals surface area contributed by atoms with E-state index < -0.39 is 4.92 Å². The van der Waals surface area contributed by atoms with E-state index in [4.69, 9.17) is 4.42 Å². The second-order valence-corrected chi connectivity index (χ2v) is 7.38. The number of thioether (sulfide) groups is 1. The van der Waals surface area contributed by atoms with Gasteiger partial charge in [0.15, 0.2) is 0 Å². The fourth-order valence-corrected chi connectivity index (χ4v) is 3.46. The number of aromatic nitrogens is 2. The lowest BCUT2D eigenvalue weighted by molar-refractivity contribution is -0.384. The highest BCUT2D eigenvalue weighted by Gasteiger charge is 2.17. The molecule has 7 heteroatoms. The van der Waals surface area contributed by atoms with Crippen molar-refractivity contribution in [1.82, 2.24) is 10.2 Å². The minimum Gasteiger partial charge on any atom is -0.416 e. The van der Waals surface area contributed by atoms with Crippen LogP contribution in [0.4, 0.5) is 5.69 Å². The average Bonchev–Trinajstić information content (AvgIpc) is 3.09. The Hall–Kier alpha value is -2.67. The van der Waals surface area contributed by atoms with Crippen molar-refractivity contribution in [3.8, 4) is 0 Å². The van der Waals surface area contributed by atoms with Gasteiger partial charge in [-0.05, 0) is 24.0 Å². The van der Waals surface area contributed by atoms with Gasteiger partial charge < -0.3 is 4.42 Å². The zero-order chi connectivity index (χ0) is 18.5. The third-order valence-corrected chi connectivity index (χ3v) is 5.12. The third-order valence-electron chi connectivity index (χ3n) is 4.13. The summed E-state index contributed by atoms with van der Waals surface area (Å²) in [4.78, 5) is 10.5. The molecule has 0 saturated heterocycles. The second kappa shape index (κ2) is 8.14. The molecular formula is C19H19N3O3S. The van der Waals surface area contributed by atoms with E-state index in [9.17, 15) is 10.1 Å². The van der Waals surface area contributed by atoms with Crippen LogP contribution in [0, 0.1) is 10.1 Å². The van der Waals surface area contributed by atoms with E-state index in [-0.39, 0.29) is 16.9 Å². The van der Waals surface area contributed by atoms with Crippen LogP contribution in [0.15, 0.2) is 64.2 Å². The highest BCUT2D eigenvalue weighted by Crippen LogP contribution is 2.35. The molecular weight excluding hydrogens is 350 g/mol. The molecule has 0 fully saturated rings. The maximum atomic E-state index is 10.9. The largest absolute Gasteiger partial charge is 0.416 e. The summed E-state index contributed by atoms with van der Waals surface area (Å²) in [6, 6.07) is 16.8. The van der Waals surface area contributed by atoms with E-state index in [1.165, 1.54) is 23.4 Å². The Balaban J connectivity index is 1.64. The molecule has 3 aromatic rings. The molecule has 3 rings (SSSR count). The molecule has 0 amide bonds. The molecule has 0 bridgehead atoms. The van der Waals surface area contributed by atoms with E-state index in [1.807, 2.05) is 31.2 Å². The quantitative estimate of drug-likeness (QED) is 0.324. The van der Waals surface area contributed by atoms with Gasteiger partial charge in [0, 0.05) is 23.8 Å². The van der Waals surface area contributed by atoms with Crippen LogP contribution in [0.5, 0.6) is 0 Å². The van der Waals surface area contributed by atoms with Gasteiger partial charge in [0.05, 0.1) is 4.92 Å². The number of hydrogen-bond acceptors (Lipinski definition) is 6. The lowest BCUT2D eigenvalue weighted by Crippen LogP contribution is -1.98. The Kier molecular flexibility index (Phi) is 5.68. The third kappa shape index (κ3) is 4.49. The first kappa shape index (κ1) is 18.1. The Morgan fingerprint density at radius 1 is 1.08 bits per heavy atom.